The standard InChI is InChI=1S/C28H38N5O8P/c1-2-3-14-41-28(36)33-12-10-32(11-13-33)27(35)25(19-42(37,38)39)31-26(34)24-17-22(29-21-9-15-40-18-21)16-23(30-24)20-7-5-4-6-8-20/h4-8,16-17,21,25H,2-3,9-15,18-19H2,1H3,(H,29,30)(H,31,34)(H2,37,38,39). The lowest BCUT2D eigenvalue weighted by Crippen LogP contribution is -2.56. The molecule has 2 unspecified atom stereocenters. The summed E-state index contributed by atoms with van der Waals surface area (Å²) in [6, 6.07) is 11.2. The Bertz CT molecular complexity index is 1280. The van der Waals surface area contributed by atoms with E-state index in [1.807, 2.05) is 43.3 Å². The molecule has 14 heteroatoms. The Morgan fingerprint density at radius 2 is 1.83 bits per heavy atom. The normalized spacial score (nSPS) is 17.9. The number of nitrogens with zero attached hydrogens (tertiary/aromatic N) is 3. The predicted molar refractivity (Wildman–Crippen MR) is 155 cm³/mol. The Morgan fingerprint density at radius 1 is 1.12 bits per heavy atom. The van der Waals surface area contributed by atoms with Crippen molar-refractivity contribution in [3.63, 3.8) is 0 Å². The van der Waals surface area contributed by atoms with Crippen LogP contribution in [0.25, 0.3) is 11.3 Å². The third-order valence-electron chi connectivity index (χ3n) is 7.02. The maximum Gasteiger partial charge on any atom is 0.409 e. The van der Waals surface area contributed by atoms with Crippen molar-refractivity contribution in [3.05, 3.63) is 48.2 Å². The van der Waals surface area contributed by atoms with Crippen molar-refractivity contribution in [1.29, 1.82) is 0 Å². The fourth-order valence-corrected chi connectivity index (χ4v) is 5.47. The van der Waals surface area contributed by atoms with E-state index in [2.05, 4.69) is 15.6 Å². The quantitative estimate of drug-likeness (QED) is 0.221. The number of unbranched alkanes of at least 4 members (excludes halogenated alkanes) is 1. The largest absolute Gasteiger partial charge is 0.449 e. The molecular formula is C28H38N5O8P. The topological polar surface area (TPSA) is 171 Å². The number of hydrogen-bond acceptors (Lipinski definition) is 8. The van der Waals surface area contributed by atoms with Gasteiger partial charge in [0.1, 0.15) is 11.7 Å². The van der Waals surface area contributed by atoms with Crippen LogP contribution in [-0.2, 0) is 18.8 Å². The van der Waals surface area contributed by atoms with Gasteiger partial charge in [-0.05, 0) is 25.0 Å². The Hall–Kier alpha value is -3.51. The Labute approximate surface area is 244 Å². The monoisotopic (exact) mass is 603 g/mol. The summed E-state index contributed by atoms with van der Waals surface area (Å²) in [4.78, 5) is 65.9. The van der Waals surface area contributed by atoms with Gasteiger partial charge in [-0.1, -0.05) is 43.7 Å². The molecule has 0 radical (unpaired) electrons. The second-order valence-electron chi connectivity index (χ2n) is 10.4. The maximum atomic E-state index is 13.4. The Kier molecular flexibility index (Phi) is 10.9. The van der Waals surface area contributed by atoms with Crippen LogP contribution in [0, 0.1) is 0 Å². The minimum atomic E-state index is -4.70. The fraction of sp³-hybridized carbons (Fsp3) is 0.500. The molecule has 2 saturated heterocycles. The molecule has 4 N–H and O–H groups in total. The van der Waals surface area contributed by atoms with E-state index >= 15 is 0 Å². The zero-order chi connectivity index (χ0) is 30.1. The van der Waals surface area contributed by atoms with Crippen LogP contribution < -0.4 is 10.6 Å². The van der Waals surface area contributed by atoms with Gasteiger partial charge in [-0.3, -0.25) is 14.2 Å². The van der Waals surface area contributed by atoms with E-state index in [1.165, 1.54) is 9.80 Å². The molecule has 4 rings (SSSR count). The second-order valence-corrected chi connectivity index (χ2v) is 12.0. The van der Waals surface area contributed by atoms with Crippen LogP contribution >= 0.6 is 7.60 Å². The molecule has 3 heterocycles. The first-order valence-electron chi connectivity index (χ1n) is 14.1. The van der Waals surface area contributed by atoms with Crippen LogP contribution in [0.3, 0.4) is 0 Å². The van der Waals surface area contributed by atoms with Gasteiger partial charge in [0.2, 0.25) is 5.91 Å². The molecule has 2 fully saturated rings. The summed E-state index contributed by atoms with van der Waals surface area (Å²) in [6.45, 7) is 4.12. The number of benzene rings is 1. The van der Waals surface area contributed by atoms with Crippen molar-refractivity contribution in [2.45, 2.75) is 38.3 Å². The van der Waals surface area contributed by atoms with Crippen molar-refractivity contribution < 1.29 is 38.2 Å². The molecule has 1 aromatic carbocycles. The summed E-state index contributed by atoms with van der Waals surface area (Å²) in [7, 11) is -4.70. The molecule has 42 heavy (non-hydrogen) atoms. The number of pyridine rings is 1. The van der Waals surface area contributed by atoms with E-state index < -0.39 is 37.7 Å². The van der Waals surface area contributed by atoms with E-state index in [4.69, 9.17) is 9.47 Å². The summed E-state index contributed by atoms with van der Waals surface area (Å²) in [6.07, 6.45) is 1.10. The third-order valence-corrected chi connectivity index (χ3v) is 7.87. The SMILES string of the molecule is CCCCOC(=O)N1CCN(C(=O)C(CP(=O)(O)O)NC(=O)c2cc(NC3CCOC3)cc(-c3ccccc3)n2)CC1. The number of carbonyl (C=O) groups excluding carboxylic acids is 3. The van der Waals surface area contributed by atoms with Gasteiger partial charge in [0, 0.05) is 44.0 Å². The van der Waals surface area contributed by atoms with E-state index in [0.29, 0.717) is 31.2 Å². The summed E-state index contributed by atoms with van der Waals surface area (Å²) in [5.41, 5.74) is 1.90. The molecule has 0 bridgehead atoms. The molecule has 1 aromatic heterocycles. The fourth-order valence-electron chi connectivity index (χ4n) is 4.75. The third kappa shape index (κ3) is 8.99. The van der Waals surface area contributed by atoms with Crippen LogP contribution in [0.1, 0.15) is 36.7 Å². The highest BCUT2D eigenvalue weighted by Crippen LogP contribution is 2.35. The van der Waals surface area contributed by atoms with Gasteiger partial charge < -0.3 is 39.7 Å². The van der Waals surface area contributed by atoms with Gasteiger partial charge in [0.05, 0.1) is 31.1 Å². The van der Waals surface area contributed by atoms with Gasteiger partial charge in [0.25, 0.3) is 5.91 Å². The highest BCUT2D eigenvalue weighted by Gasteiger charge is 2.35. The molecular weight excluding hydrogens is 565 g/mol. The molecule has 2 aliphatic heterocycles. The second kappa shape index (κ2) is 14.6. The van der Waals surface area contributed by atoms with Crippen molar-refractivity contribution in [2.24, 2.45) is 0 Å². The first-order chi connectivity index (χ1) is 20.1. The molecule has 13 nitrogen and oxygen atoms in total. The van der Waals surface area contributed by atoms with Crippen molar-refractivity contribution in [2.75, 3.05) is 57.5 Å². The molecule has 3 amide bonds. The predicted octanol–water partition coefficient (Wildman–Crippen LogP) is 2.31. The lowest BCUT2D eigenvalue weighted by atomic mass is 10.1. The molecule has 2 aliphatic rings. The lowest BCUT2D eigenvalue weighted by Gasteiger charge is -2.36. The summed E-state index contributed by atoms with van der Waals surface area (Å²) in [5, 5.41) is 5.87. The highest BCUT2D eigenvalue weighted by molar-refractivity contribution is 7.51. The van der Waals surface area contributed by atoms with E-state index in [9.17, 15) is 28.7 Å². The number of ether oxygens (including phenoxy) is 2. The zero-order valence-electron chi connectivity index (χ0n) is 23.6. The van der Waals surface area contributed by atoms with Crippen LogP contribution in [-0.4, -0.2) is 107 Å². The number of hydrogen-bond donors (Lipinski definition) is 4. The zero-order valence-corrected chi connectivity index (χ0v) is 24.5. The smallest absolute Gasteiger partial charge is 0.409 e. The van der Waals surface area contributed by atoms with Gasteiger partial charge in [-0.25, -0.2) is 9.78 Å². The first-order valence-corrected chi connectivity index (χ1v) is 15.9. The molecule has 0 spiro atoms. The molecule has 228 valence electrons. The average Bonchev–Trinajstić information content (AvgIpc) is 3.49. The maximum absolute atomic E-state index is 13.4. The number of piperazine rings is 1. The Morgan fingerprint density at radius 3 is 2.48 bits per heavy atom. The number of anilines is 1. The van der Waals surface area contributed by atoms with Crippen molar-refractivity contribution in [1.82, 2.24) is 20.1 Å². The Balaban J connectivity index is 1.49. The van der Waals surface area contributed by atoms with Crippen LogP contribution in [0.15, 0.2) is 42.5 Å². The lowest BCUT2D eigenvalue weighted by molar-refractivity contribution is -0.134. The number of nitrogens with one attached hydrogen (secondary N) is 2. The first kappa shape index (κ1) is 31.4. The number of carbonyl (C=O) groups is 3. The van der Waals surface area contributed by atoms with Crippen LogP contribution in [0.2, 0.25) is 0 Å². The van der Waals surface area contributed by atoms with E-state index in [0.717, 1.165) is 24.8 Å². The number of rotatable bonds is 11. The summed E-state index contributed by atoms with van der Waals surface area (Å²) >= 11 is 0. The minimum absolute atomic E-state index is 0.0130. The van der Waals surface area contributed by atoms with E-state index in [-0.39, 0.29) is 37.9 Å². The van der Waals surface area contributed by atoms with Gasteiger partial charge in [0.15, 0.2) is 0 Å². The molecule has 0 saturated carbocycles. The molecule has 2 aromatic rings. The van der Waals surface area contributed by atoms with Gasteiger partial charge in [-0.15, -0.1) is 0 Å². The van der Waals surface area contributed by atoms with Crippen LogP contribution in [0.4, 0.5) is 10.5 Å². The molecule has 2 atom stereocenters. The minimum Gasteiger partial charge on any atom is -0.449 e. The molecule has 0 aliphatic carbocycles. The van der Waals surface area contributed by atoms with Crippen molar-refractivity contribution >= 4 is 31.2 Å². The van der Waals surface area contributed by atoms with Crippen molar-refractivity contribution in [3.8, 4) is 11.3 Å². The van der Waals surface area contributed by atoms with Crippen LogP contribution in [0.5, 0.6) is 0 Å². The number of amides is 3. The highest BCUT2D eigenvalue weighted by atomic mass is 31.2. The van der Waals surface area contributed by atoms with E-state index in [1.54, 1.807) is 6.07 Å². The average molecular weight is 604 g/mol. The summed E-state index contributed by atoms with van der Waals surface area (Å²) in [5.74, 6) is -1.39. The van der Waals surface area contributed by atoms with Gasteiger partial charge in [-0.2, -0.15) is 0 Å². The summed E-state index contributed by atoms with van der Waals surface area (Å²) < 4.78 is 22.6. The van der Waals surface area contributed by atoms with Gasteiger partial charge >= 0.3 is 13.7 Å². The number of aromatic nitrogens is 1.